The van der Waals surface area contributed by atoms with Gasteiger partial charge < -0.3 is 11.1 Å². The summed E-state index contributed by atoms with van der Waals surface area (Å²) in [6.45, 7) is 4.55. The monoisotopic (exact) mass is 258 g/mol. The molecule has 1 rings (SSSR count). The van der Waals surface area contributed by atoms with Gasteiger partial charge in [0.15, 0.2) is 0 Å². The zero-order valence-electron chi connectivity index (χ0n) is 11.3. The first-order valence-corrected chi connectivity index (χ1v) is 7.94. The molecule has 0 spiro atoms. The number of carbonyl (C=O) groups is 1. The van der Waals surface area contributed by atoms with Crippen molar-refractivity contribution in [3.8, 4) is 0 Å². The van der Waals surface area contributed by atoms with Crippen molar-refractivity contribution in [1.29, 1.82) is 0 Å². The number of thioether (sulfide) groups is 1. The number of rotatable bonds is 6. The highest BCUT2D eigenvalue weighted by atomic mass is 32.2. The minimum atomic E-state index is -0.350. The summed E-state index contributed by atoms with van der Waals surface area (Å²) in [4.78, 5) is 12.3. The zero-order valence-corrected chi connectivity index (χ0v) is 12.1. The van der Waals surface area contributed by atoms with E-state index in [1.165, 1.54) is 6.42 Å². The molecule has 0 aliphatic heterocycles. The minimum Gasteiger partial charge on any atom is -0.353 e. The molecular weight excluding hydrogens is 232 g/mol. The third-order valence-corrected chi connectivity index (χ3v) is 5.37. The number of carbonyl (C=O) groups excluding carboxylic acids is 1. The maximum absolute atomic E-state index is 12.3. The minimum absolute atomic E-state index is 0.164. The first kappa shape index (κ1) is 14.8. The van der Waals surface area contributed by atoms with Crippen LogP contribution in [0.3, 0.4) is 0 Å². The van der Waals surface area contributed by atoms with Gasteiger partial charge in [0.05, 0.1) is 5.41 Å². The van der Waals surface area contributed by atoms with Gasteiger partial charge in [-0.15, -0.1) is 0 Å². The van der Waals surface area contributed by atoms with Crippen molar-refractivity contribution in [2.45, 2.75) is 57.2 Å². The molecule has 0 aromatic heterocycles. The van der Waals surface area contributed by atoms with Gasteiger partial charge in [-0.2, -0.15) is 11.8 Å². The molecule has 1 aliphatic rings. The molecule has 2 unspecified atom stereocenters. The van der Waals surface area contributed by atoms with E-state index in [0.29, 0.717) is 12.6 Å². The van der Waals surface area contributed by atoms with Gasteiger partial charge >= 0.3 is 0 Å². The van der Waals surface area contributed by atoms with Gasteiger partial charge in [-0.05, 0) is 38.4 Å². The van der Waals surface area contributed by atoms with E-state index >= 15 is 0 Å². The number of nitrogens with two attached hydrogens (primary N) is 1. The topological polar surface area (TPSA) is 55.1 Å². The molecule has 1 saturated carbocycles. The summed E-state index contributed by atoms with van der Waals surface area (Å²) in [7, 11) is 0. The predicted octanol–water partition coefficient (Wildman–Crippen LogP) is 2.15. The molecule has 100 valence electrons. The predicted molar refractivity (Wildman–Crippen MR) is 75.2 cm³/mol. The molecular formula is C13H26N2OS. The van der Waals surface area contributed by atoms with Crippen LogP contribution in [-0.2, 0) is 4.79 Å². The highest BCUT2D eigenvalue weighted by molar-refractivity contribution is 7.99. The molecule has 0 saturated heterocycles. The fraction of sp³-hybridized carbons (Fsp3) is 0.923. The molecule has 0 bridgehead atoms. The lowest BCUT2D eigenvalue weighted by atomic mass is 9.81. The SMILES string of the molecule is CCC(CC)(CN)C(=O)NC1CCC(SC)C1. The molecule has 1 fully saturated rings. The van der Waals surface area contributed by atoms with Gasteiger partial charge in [0.2, 0.25) is 5.91 Å². The third-order valence-electron chi connectivity index (χ3n) is 4.28. The average molecular weight is 258 g/mol. The summed E-state index contributed by atoms with van der Waals surface area (Å²) in [6.07, 6.45) is 7.25. The summed E-state index contributed by atoms with van der Waals surface area (Å²) < 4.78 is 0. The van der Waals surface area contributed by atoms with E-state index in [1.54, 1.807) is 0 Å². The van der Waals surface area contributed by atoms with Gasteiger partial charge in [-0.1, -0.05) is 13.8 Å². The van der Waals surface area contributed by atoms with E-state index in [9.17, 15) is 4.79 Å². The van der Waals surface area contributed by atoms with Gasteiger partial charge in [0.1, 0.15) is 0 Å². The molecule has 1 amide bonds. The summed E-state index contributed by atoms with van der Waals surface area (Å²) in [6, 6.07) is 0.365. The standard InChI is InChI=1S/C13H26N2OS/c1-4-13(5-2,9-14)12(16)15-10-6-7-11(8-10)17-3/h10-11H,4-9,14H2,1-3H3,(H,15,16). The average Bonchev–Trinajstić information content (AvgIpc) is 2.80. The van der Waals surface area contributed by atoms with Crippen molar-refractivity contribution in [2.24, 2.45) is 11.1 Å². The second-order valence-electron chi connectivity index (χ2n) is 5.03. The number of hydrogen-bond acceptors (Lipinski definition) is 3. The van der Waals surface area contributed by atoms with Crippen LogP contribution >= 0.6 is 11.8 Å². The van der Waals surface area contributed by atoms with Crippen LogP contribution in [0.25, 0.3) is 0 Å². The Morgan fingerprint density at radius 3 is 2.47 bits per heavy atom. The van der Waals surface area contributed by atoms with Crippen LogP contribution < -0.4 is 11.1 Å². The van der Waals surface area contributed by atoms with Crippen LogP contribution in [0.4, 0.5) is 0 Å². The lowest BCUT2D eigenvalue weighted by Gasteiger charge is -2.30. The zero-order chi connectivity index (χ0) is 12.9. The number of amides is 1. The Bertz CT molecular complexity index is 246. The normalized spacial score (nSPS) is 24.9. The summed E-state index contributed by atoms with van der Waals surface area (Å²) in [5.41, 5.74) is 5.44. The Kier molecular flexibility index (Phi) is 5.80. The first-order valence-electron chi connectivity index (χ1n) is 6.65. The van der Waals surface area contributed by atoms with Gasteiger partial charge in [0, 0.05) is 17.8 Å². The molecule has 1 aliphatic carbocycles. The summed E-state index contributed by atoms with van der Waals surface area (Å²) >= 11 is 1.91. The molecule has 0 aromatic carbocycles. The van der Waals surface area contributed by atoms with Crippen molar-refractivity contribution < 1.29 is 4.79 Å². The molecule has 17 heavy (non-hydrogen) atoms. The van der Waals surface area contributed by atoms with Crippen LogP contribution in [0.2, 0.25) is 0 Å². The Morgan fingerprint density at radius 1 is 1.41 bits per heavy atom. The van der Waals surface area contributed by atoms with Crippen LogP contribution in [0.1, 0.15) is 46.0 Å². The van der Waals surface area contributed by atoms with Crippen molar-refractivity contribution in [1.82, 2.24) is 5.32 Å². The Morgan fingerprint density at radius 2 is 2.06 bits per heavy atom. The molecule has 0 aromatic rings. The second-order valence-corrected chi connectivity index (χ2v) is 6.17. The van der Waals surface area contributed by atoms with Gasteiger partial charge in [-0.25, -0.2) is 0 Å². The molecule has 3 N–H and O–H groups in total. The largest absolute Gasteiger partial charge is 0.353 e. The Hall–Kier alpha value is -0.220. The van der Waals surface area contributed by atoms with Gasteiger partial charge in [-0.3, -0.25) is 4.79 Å². The van der Waals surface area contributed by atoms with Crippen molar-refractivity contribution in [3.05, 3.63) is 0 Å². The van der Waals surface area contributed by atoms with Crippen molar-refractivity contribution >= 4 is 17.7 Å². The van der Waals surface area contributed by atoms with E-state index in [4.69, 9.17) is 5.73 Å². The number of nitrogens with one attached hydrogen (secondary N) is 1. The van der Waals surface area contributed by atoms with E-state index in [1.807, 2.05) is 11.8 Å². The lowest BCUT2D eigenvalue weighted by molar-refractivity contribution is -0.131. The summed E-state index contributed by atoms with van der Waals surface area (Å²) in [5.74, 6) is 0.164. The lowest BCUT2D eigenvalue weighted by Crippen LogP contribution is -2.48. The molecule has 4 heteroatoms. The fourth-order valence-electron chi connectivity index (χ4n) is 2.58. The molecule has 0 radical (unpaired) electrons. The van der Waals surface area contributed by atoms with E-state index in [-0.39, 0.29) is 11.3 Å². The van der Waals surface area contributed by atoms with E-state index in [0.717, 1.165) is 30.9 Å². The van der Waals surface area contributed by atoms with Gasteiger partial charge in [0.25, 0.3) is 0 Å². The highest BCUT2D eigenvalue weighted by Gasteiger charge is 2.35. The van der Waals surface area contributed by atoms with Crippen molar-refractivity contribution in [2.75, 3.05) is 12.8 Å². The molecule has 0 heterocycles. The maximum Gasteiger partial charge on any atom is 0.227 e. The van der Waals surface area contributed by atoms with Crippen LogP contribution in [0.5, 0.6) is 0 Å². The first-order chi connectivity index (χ1) is 8.11. The third kappa shape index (κ3) is 3.38. The van der Waals surface area contributed by atoms with Crippen LogP contribution in [-0.4, -0.2) is 30.0 Å². The van der Waals surface area contributed by atoms with Crippen LogP contribution in [0, 0.1) is 5.41 Å². The van der Waals surface area contributed by atoms with Crippen LogP contribution in [0.15, 0.2) is 0 Å². The number of hydrogen-bond donors (Lipinski definition) is 2. The fourth-order valence-corrected chi connectivity index (χ4v) is 3.37. The quantitative estimate of drug-likeness (QED) is 0.767. The molecule has 3 nitrogen and oxygen atoms in total. The molecule has 2 atom stereocenters. The Balaban J connectivity index is 2.53. The highest BCUT2D eigenvalue weighted by Crippen LogP contribution is 2.30. The van der Waals surface area contributed by atoms with Crippen molar-refractivity contribution in [3.63, 3.8) is 0 Å². The second kappa shape index (κ2) is 6.64. The van der Waals surface area contributed by atoms with E-state index < -0.39 is 0 Å². The van der Waals surface area contributed by atoms with E-state index in [2.05, 4.69) is 25.4 Å². The maximum atomic E-state index is 12.3. The smallest absolute Gasteiger partial charge is 0.227 e. The summed E-state index contributed by atoms with van der Waals surface area (Å²) in [5, 5.41) is 3.92. The Labute approximate surface area is 109 Å².